The highest BCUT2D eigenvalue weighted by molar-refractivity contribution is 5.23. The molecule has 0 spiro atoms. The Morgan fingerprint density at radius 3 is 2.81 bits per heavy atom. The quantitative estimate of drug-likeness (QED) is 0.597. The van der Waals surface area contributed by atoms with Crippen molar-refractivity contribution in [2.24, 2.45) is 12.5 Å². The van der Waals surface area contributed by atoms with Gasteiger partial charge in [0.15, 0.2) is 0 Å². The van der Waals surface area contributed by atoms with E-state index in [4.69, 9.17) is 0 Å². The van der Waals surface area contributed by atoms with Gasteiger partial charge in [-0.2, -0.15) is 5.26 Å². The molecule has 1 atom stereocenters. The summed E-state index contributed by atoms with van der Waals surface area (Å²) in [7, 11) is 1.98. The van der Waals surface area contributed by atoms with Gasteiger partial charge in [-0.15, -0.1) is 0 Å². The summed E-state index contributed by atoms with van der Waals surface area (Å²) in [5, 5.41) is 9.25. The van der Waals surface area contributed by atoms with Gasteiger partial charge in [0.25, 0.3) is 0 Å². The van der Waals surface area contributed by atoms with Crippen LogP contribution in [0, 0.1) is 16.7 Å². The predicted octanol–water partition coefficient (Wildman–Crippen LogP) is -1.66. The number of hydrogen-bond acceptors (Lipinski definition) is 1. The Kier molecular flexibility index (Phi) is 4.08. The SMILES string of the molecule is C[n+]1ccn(CC2(C#N)C=CC=CC2)c1.[Br-]. The molecule has 0 saturated carbocycles. The second-order valence-electron chi connectivity index (χ2n) is 4.01. The predicted molar refractivity (Wildman–Crippen MR) is 56.6 cm³/mol. The van der Waals surface area contributed by atoms with Crippen LogP contribution in [0.3, 0.4) is 0 Å². The van der Waals surface area contributed by atoms with E-state index < -0.39 is 0 Å². The van der Waals surface area contributed by atoms with Crippen LogP contribution in [0.2, 0.25) is 0 Å². The zero-order valence-corrected chi connectivity index (χ0v) is 10.8. The van der Waals surface area contributed by atoms with Crippen molar-refractivity contribution in [1.82, 2.24) is 4.57 Å². The lowest BCUT2D eigenvalue weighted by atomic mass is 9.83. The first-order valence-electron chi connectivity index (χ1n) is 5.01. The molecule has 0 radical (unpaired) electrons. The Morgan fingerprint density at radius 1 is 1.50 bits per heavy atom. The second-order valence-corrected chi connectivity index (χ2v) is 4.01. The molecule has 84 valence electrons. The van der Waals surface area contributed by atoms with Gasteiger partial charge in [-0.3, -0.25) is 0 Å². The normalized spacial score (nSPS) is 22.5. The molecule has 3 nitrogen and oxygen atoms in total. The molecule has 2 rings (SSSR count). The number of nitrogens with zero attached hydrogens (tertiary/aromatic N) is 3. The van der Waals surface area contributed by atoms with Crippen LogP contribution >= 0.6 is 0 Å². The number of aromatic nitrogens is 2. The fourth-order valence-electron chi connectivity index (χ4n) is 1.82. The van der Waals surface area contributed by atoms with Gasteiger partial charge >= 0.3 is 0 Å². The summed E-state index contributed by atoms with van der Waals surface area (Å²) < 4.78 is 4.03. The topological polar surface area (TPSA) is 32.6 Å². The number of nitriles is 1. The maximum Gasteiger partial charge on any atom is 0.243 e. The van der Waals surface area contributed by atoms with Crippen LogP contribution in [0.5, 0.6) is 0 Å². The molecule has 0 N–H and O–H groups in total. The van der Waals surface area contributed by atoms with E-state index >= 15 is 0 Å². The third-order valence-corrected chi connectivity index (χ3v) is 2.66. The van der Waals surface area contributed by atoms with Crippen LogP contribution in [0.1, 0.15) is 6.42 Å². The molecular formula is C12H14BrN3. The van der Waals surface area contributed by atoms with Crippen molar-refractivity contribution in [3.63, 3.8) is 0 Å². The van der Waals surface area contributed by atoms with Gasteiger partial charge in [0.05, 0.1) is 13.1 Å². The van der Waals surface area contributed by atoms with E-state index in [-0.39, 0.29) is 22.4 Å². The molecule has 16 heavy (non-hydrogen) atoms. The van der Waals surface area contributed by atoms with E-state index in [0.717, 1.165) is 6.42 Å². The molecule has 0 saturated heterocycles. The summed E-state index contributed by atoms with van der Waals surface area (Å²) in [6.07, 6.45) is 14.7. The monoisotopic (exact) mass is 279 g/mol. The van der Waals surface area contributed by atoms with Gasteiger partial charge < -0.3 is 17.0 Å². The van der Waals surface area contributed by atoms with Crippen LogP contribution in [0.15, 0.2) is 43.0 Å². The largest absolute Gasteiger partial charge is 1.00 e. The van der Waals surface area contributed by atoms with Crippen LogP contribution in [-0.4, -0.2) is 4.57 Å². The highest BCUT2D eigenvalue weighted by Crippen LogP contribution is 2.28. The lowest BCUT2D eigenvalue weighted by Crippen LogP contribution is -3.00. The second kappa shape index (κ2) is 5.13. The van der Waals surface area contributed by atoms with Crippen LogP contribution in [0.4, 0.5) is 0 Å². The van der Waals surface area contributed by atoms with E-state index in [1.54, 1.807) is 0 Å². The Bertz CT molecular complexity index is 453. The molecule has 0 aromatic carbocycles. The standard InChI is InChI=1S/C12H14N3.BrH/c1-14-7-8-15(11-14)10-12(9-13)5-3-2-4-6-12;/h2-5,7-8,11H,6,10H2,1H3;1H/q+1;/p-1. The third kappa shape index (κ3) is 2.61. The van der Waals surface area contributed by atoms with Crippen molar-refractivity contribution < 1.29 is 21.5 Å². The zero-order chi connectivity index (χ0) is 10.7. The van der Waals surface area contributed by atoms with Gasteiger partial charge in [0.2, 0.25) is 6.33 Å². The molecule has 1 aromatic heterocycles. The number of allylic oxidation sites excluding steroid dienone is 4. The number of aryl methyl sites for hydroxylation is 1. The van der Waals surface area contributed by atoms with Crippen molar-refractivity contribution >= 4 is 0 Å². The number of rotatable bonds is 2. The minimum absolute atomic E-state index is 0. The molecule has 1 aromatic rings. The minimum Gasteiger partial charge on any atom is -1.00 e. The van der Waals surface area contributed by atoms with E-state index in [9.17, 15) is 5.26 Å². The molecule has 0 bridgehead atoms. The molecule has 0 fully saturated rings. The van der Waals surface area contributed by atoms with Crippen LogP contribution in [-0.2, 0) is 13.6 Å². The lowest BCUT2D eigenvalue weighted by Gasteiger charge is -2.20. The van der Waals surface area contributed by atoms with Gasteiger partial charge in [-0.25, -0.2) is 9.13 Å². The molecule has 1 unspecified atom stereocenters. The first-order chi connectivity index (χ1) is 7.24. The maximum atomic E-state index is 9.25. The number of imidazole rings is 1. The first kappa shape index (κ1) is 12.7. The fraction of sp³-hybridized carbons (Fsp3) is 0.333. The summed E-state index contributed by atoms with van der Waals surface area (Å²) >= 11 is 0. The average molecular weight is 280 g/mol. The zero-order valence-electron chi connectivity index (χ0n) is 9.18. The summed E-state index contributed by atoms with van der Waals surface area (Å²) in [6.45, 7) is 0.713. The smallest absolute Gasteiger partial charge is 0.243 e. The lowest BCUT2D eigenvalue weighted by molar-refractivity contribution is -0.671. The third-order valence-electron chi connectivity index (χ3n) is 2.66. The highest BCUT2D eigenvalue weighted by atomic mass is 79.9. The highest BCUT2D eigenvalue weighted by Gasteiger charge is 2.29. The molecule has 0 aliphatic heterocycles. The summed E-state index contributed by atoms with van der Waals surface area (Å²) in [5.74, 6) is 0. The molecule has 0 amide bonds. The van der Waals surface area contributed by atoms with Crippen molar-refractivity contribution in [3.05, 3.63) is 43.0 Å². The van der Waals surface area contributed by atoms with E-state index in [2.05, 4.69) is 6.07 Å². The number of hydrogen-bond donors (Lipinski definition) is 0. The number of halogens is 1. The Morgan fingerprint density at radius 2 is 2.31 bits per heavy atom. The summed E-state index contributed by atoms with van der Waals surface area (Å²) in [6, 6.07) is 2.41. The average Bonchev–Trinajstić information content (AvgIpc) is 2.65. The van der Waals surface area contributed by atoms with Gasteiger partial charge in [0.1, 0.15) is 24.4 Å². The van der Waals surface area contributed by atoms with Crippen LogP contribution < -0.4 is 21.5 Å². The molecule has 1 aliphatic carbocycles. The molecule has 1 heterocycles. The van der Waals surface area contributed by atoms with E-state index in [1.165, 1.54) is 0 Å². The molecule has 1 aliphatic rings. The van der Waals surface area contributed by atoms with E-state index in [0.29, 0.717) is 6.54 Å². The fourth-order valence-corrected chi connectivity index (χ4v) is 1.82. The summed E-state index contributed by atoms with van der Waals surface area (Å²) in [4.78, 5) is 0. The minimum atomic E-state index is -0.374. The van der Waals surface area contributed by atoms with Gasteiger partial charge in [-0.05, 0) is 6.42 Å². The van der Waals surface area contributed by atoms with Crippen LogP contribution in [0.25, 0.3) is 0 Å². The van der Waals surface area contributed by atoms with Gasteiger partial charge in [-0.1, -0.05) is 24.3 Å². The Labute approximate surface area is 106 Å². The van der Waals surface area contributed by atoms with Crippen molar-refractivity contribution in [1.29, 1.82) is 5.26 Å². The maximum absolute atomic E-state index is 9.25. The first-order valence-corrected chi connectivity index (χ1v) is 5.01. The Balaban J connectivity index is 0.00000128. The van der Waals surface area contributed by atoms with Crippen molar-refractivity contribution in [3.8, 4) is 6.07 Å². The Hall–Kier alpha value is -1.34. The summed E-state index contributed by atoms with van der Waals surface area (Å²) in [5.41, 5.74) is -0.374. The van der Waals surface area contributed by atoms with Gasteiger partial charge in [0, 0.05) is 0 Å². The van der Waals surface area contributed by atoms with E-state index in [1.807, 2.05) is 59.2 Å². The van der Waals surface area contributed by atoms with Crippen molar-refractivity contribution in [2.75, 3.05) is 0 Å². The van der Waals surface area contributed by atoms with Crippen molar-refractivity contribution in [2.45, 2.75) is 13.0 Å². The molecular weight excluding hydrogens is 266 g/mol. The molecule has 4 heteroatoms.